The van der Waals surface area contributed by atoms with Crippen molar-refractivity contribution in [1.82, 2.24) is 9.55 Å². The van der Waals surface area contributed by atoms with E-state index < -0.39 is 0 Å². The lowest BCUT2D eigenvalue weighted by Crippen LogP contribution is -1.87. The molecule has 11 heavy (non-hydrogen) atoms. The SMILES string of the molecule is Cn1cncc1C#CCCBr. The van der Waals surface area contributed by atoms with Crippen molar-refractivity contribution in [3.05, 3.63) is 18.2 Å². The Hall–Kier alpha value is -0.750. The molecule has 0 unspecified atom stereocenters. The van der Waals surface area contributed by atoms with Crippen molar-refractivity contribution < 1.29 is 0 Å². The summed E-state index contributed by atoms with van der Waals surface area (Å²) in [7, 11) is 1.94. The second kappa shape index (κ2) is 4.20. The van der Waals surface area contributed by atoms with E-state index in [-0.39, 0.29) is 0 Å². The number of hydrogen-bond donors (Lipinski definition) is 0. The summed E-state index contributed by atoms with van der Waals surface area (Å²) in [5, 5.41) is 0.928. The first-order valence-corrected chi connectivity index (χ1v) is 4.48. The number of alkyl halides is 1. The van der Waals surface area contributed by atoms with Crippen molar-refractivity contribution in [2.75, 3.05) is 5.33 Å². The molecule has 0 saturated heterocycles. The zero-order chi connectivity index (χ0) is 8.10. The molecule has 0 aromatic carbocycles. The number of imidazole rings is 1. The van der Waals surface area contributed by atoms with Crippen LogP contribution in [0.5, 0.6) is 0 Å². The fourth-order valence-corrected chi connectivity index (χ4v) is 0.876. The molecule has 0 aliphatic heterocycles. The van der Waals surface area contributed by atoms with E-state index in [4.69, 9.17) is 0 Å². The highest BCUT2D eigenvalue weighted by atomic mass is 79.9. The van der Waals surface area contributed by atoms with Gasteiger partial charge < -0.3 is 4.57 Å². The summed E-state index contributed by atoms with van der Waals surface area (Å²) in [6.07, 6.45) is 4.39. The van der Waals surface area contributed by atoms with E-state index in [1.54, 1.807) is 12.5 Å². The van der Waals surface area contributed by atoms with Crippen molar-refractivity contribution in [1.29, 1.82) is 0 Å². The van der Waals surface area contributed by atoms with Crippen LogP contribution in [0.4, 0.5) is 0 Å². The van der Waals surface area contributed by atoms with Crippen LogP contribution in [0.3, 0.4) is 0 Å². The van der Waals surface area contributed by atoms with Crippen molar-refractivity contribution in [3.8, 4) is 11.8 Å². The Morgan fingerprint density at radius 2 is 2.55 bits per heavy atom. The zero-order valence-corrected chi connectivity index (χ0v) is 7.93. The summed E-state index contributed by atoms with van der Waals surface area (Å²) in [5.74, 6) is 6.03. The first-order chi connectivity index (χ1) is 5.34. The Morgan fingerprint density at radius 3 is 3.09 bits per heavy atom. The topological polar surface area (TPSA) is 17.8 Å². The van der Waals surface area contributed by atoms with Gasteiger partial charge in [-0.1, -0.05) is 21.9 Å². The molecule has 0 radical (unpaired) electrons. The molecule has 0 aliphatic carbocycles. The molecule has 2 nitrogen and oxygen atoms in total. The monoisotopic (exact) mass is 212 g/mol. The van der Waals surface area contributed by atoms with Crippen LogP contribution in [-0.2, 0) is 7.05 Å². The third kappa shape index (κ3) is 2.39. The third-order valence-corrected chi connectivity index (χ3v) is 1.65. The lowest BCUT2D eigenvalue weighted by Gasteiger charge is -1.88. The first-order valence-electron chi connectivity index (χ1n) is 3.35. The van der Waals surface area contributed by atoms with Crippen LogP contribution < -0.4 is 0 Å². The minimum atomic E-state index is 0.880. The number of rotatable bonds is 1. The van der Waals surface area contributed by atoms with Crippen LogP contribution in [0.15, 0.2) is 12.5 Å². The van der Waals surface area contributed by atoms with Gasteiger partial charge in [0.05, 0.1) is 12.5 Å². The molecule has 0 atom stereocenters. The van der Waals surface area contributed by atoms with Crippen molar-refractivity contribution in [2.45, 2.75) is 6.42 Å². The minimum absolute atomic E-state index is 0.880. The Morgan fingerprint density at radius 1 is 1.73 bits per heavy atom. The van der Waals surface area contributed by atoms with Gasteiger partial charge in [0.1, 0.15) is 5.69 Å². The van der Waals surface area contributed by atoms with Gasteiger partial charge in [-0.15, -0.1) is 0 Å². The average molecular weight is 213 g/mol. The van der Waals surface area contributed by atoms with Gasteiger partial charge in [-0.25, -0.2) is 4.98 Å². The minimum Gasteiger partial charge on any atom is -0.327 e. The highest BCUT2D eigenvalue weighted by molar-refractivity contribution is 9.09. The van der Waals surface area contributed by atoms with E-state index >= 15 is 0 Å². The molecular formula is C8H9BrN2. The van der Waals surface area contributed by atoms with E-state index in [9.17, 15) is 0 Å². The normalized spacial score (nSPS) is 8.91. The molecule has 3 heteroatoms. The maximum absolute atomic E-state index is 3.95. The predicted molar refractivity (Wildman–Crippen MR) is 48.5 cm³/mol. The van der Waals surface area contributed by atoms with E-state index in [1.165, 1.54) is 0 Å². The molecule has 1 aromatic rings. The fraction of sp³-hybridized carbons (Fsp3) is 0.375. The molecule has 0 N–H and O–H groups in total. The molecule has 0 amide bonds. The van der Waals surface area contributed by atoms with E-state index in [0.717, 1.165) is 17.4 Å². The summed E-state index contributed by atoms with van der Waals surface area (Å²) >= 11 is 3.31. The Labute approximate surface area is 74.8 Å². The summed E-state index contributed by atoms with van der Waals surface area (Å²) in [6.45, 7) is 0. The second-order valence-corrected chi connectivity index (χ2v) is 2.92. The molecule has 1 heterocycles. The molecule has 0 saturated carbocycles. The third-order valence-electron chi connectivity index (χ3n) is 1.25. The lowest BCUT2D eigenvalue weighted by atomic mass is 10.4. The molecule has 1 aromatic heterocycles. The molecular weight excluding hydrogens is 204 g/mol. The van der Waals surface area contributed by atoms with Gasteiger partial charge in [0, 0.05) is 18.8 Å². The molecule has 0 aliphatic rings. The standard InChI is InChI=1S/C8H9BrN2/c1-11-7-10-6-8(11)4-2-3-5-9/h6-7H,3,5H2,1H3. The van der Waals surface area contributed by atoms with Crippen LogP contribution in [0, 0.1) is 11.8 Å². The molecule has 0 bridgehead atoms. The van der Waals surface area contributed by atoms with E-state index in [2.05, 4.69) is 32.8 Å². The summed E-state index contributed by atoms with van der Waals surface area (Å²) < 4.78 is 1.90. The van der Waals surface area contributed by atoms with Crippen molar-refractivity contribution in [2.24, 2.45) is 7.05 Å². The zero-order valence-electron chi connectivity index (χ0n) is 6.34. The summed E-state index contributed by atoms with van der Waals surface area (Å²) in [6, 6.07) is 0. The highest BCUT2D eigenvalue weighted by Gasteiger charge is 1.89. The van der Waals surface area contributed by atoms with Crippen LogP contribution in [0.1, 0.15) is 12.1 Å². The number of hydrogen-bond acceptors (Lipinski definition) is 1. The Kier molecular flexibility index (Phi) is 3.18. The van der Waals surface area contributed by atoms with Gasteiger partial charge in [-0.2, -0.15) is 0 Å². The van der Waals surface area contributed by atoms with Crippen LogP contribution in [0.2, 0.25) is 0 Å². The quantitative estimate of drug-likeness (QED) is 0.511. The number of aryl methyl sites for hydroxylation is 1. The van der Waals surface area contributed by atoms with Crippen molar-refractivity contribution in [3.63, 3.8) is 0 Å². The molecule has 0 fully saturated rings. The van der Waals surface area contributed by atoms with Crippen LogP contribution in [-0.4, -0.2) is 14.9 Å². The van der Waals surface area contributed by atoms with E-state index in [0.29, 0.717) is 0 Å². The molecule has 0 spiro atoms. The maximum Gasteiger partial charge on any atom is 0.111 e. The number of halogens is 1. The smallest absolute Gasteiger partial charge is 0.111 e. The van der Waals surface area contributed by atoms with Gasteiger partial charge in [-0.3, -0.25) is 0 Å². The number of nitrogens with zero attached hydrogens (tertiary/aromatic N) is 2. The summed E-state index contributed by atoms with van der Waals surface area (Å²) in [5.41, 5.74) is 0.964. The largest absolute Gasteiger partial charge is 0.327 e. The maximum atomic E-state index is 3.95. The van der Waals surface area contributed by atoms with Gasteiger partial charge in [0.2, 0.25) is 0 Å². The van der Waals surface area contributed by atoms with Gasteiger partial charge in [0.25, 0.3) is 0 Å². The highest BCUT2D eigenvalue weighted by Crippen LogP contribution is 1.93. The lowest BCUT2D eigenvalue weighted by molar-refractivity contribution is 0.899. The fourth-order valence-electron chi connectivity index (χ4n) is 0.678. The van der Waals surface area contributed by atoms with Gasteiger partial charge >= 0.3 is 0 Å². The second-order valence-electron chi connectivity index (χ2n) is 2.13. The predicted octanol–water partition coefficient (Wildman–Crippen LogP) is 1.56. The first kappa shape index (κ1) is 8.35. The number of aromatic nitrogens is 2. The van der Waals surface area contributed by atoms with Gasteiger partial charge in [0.15, 0.2) is 0 Å². The summed E-state index contributed by atoms with van der Waals surface area (Å²) in [4.78, 5) is 3.95. The van der Waals surface area contributed by atoms with Crippen LogP contribution >= 0.6 is 15.9 Å². The van der Waals surface area contributed by atoms with Gasteiger partial charge in [-0.05, 0) is 5.92 Å². The molecule has 58 valence electrons. The Bertz CT molecular complexity index is 280. The average Bonchev–Trinajstić information content (AvgIpc) is 2.37. The Balaban J connectivity index is 2.65. The van der Waals surface area contributed by atoms with E-state index in [1.807, 2.05) is 11.6 Å². The molecule has 1 rings (SSSR count). The van der Waals surface area contributed by atoms with Crippen molar-refractivity contribution >= 4 is 15.9 Å². The van der Waals surface area contributed by atoms with Crippen LogP contribution in [0.25, 0.3) is 0 Å².